The van der Waals surface area contributed by atoms with E-state index >= 15 is 0 Å². The summed E-state index contributed by atoms with van der Waals surface area (Å²) in [6.45, 7) is 2.02. The van der Waals surface area contributed by atoms with Crippen LogP contribution < -0.4 is 0 Å². The van der Waals surface area contributed by atoms with Gasteiger partial charge in [-0.25, -0.2) is 4.68 Å². The molecule has 1 heterocycles. The number of hydrogen-bond donors (Lipinski definition) is 1. The van der Waals surface area contributed by atoms with Crippen LogP contribution in [0, 0.1) is 10.5 Å². The van der Waals surface area contributed by atoms with Crippen molar-refractivity contribution < 1.29 is 5.11 Å². The fourth-order valence-corrected chi connectivity index (χ4v) is 2.49. The van der Waals surface area contributed by atoms with E-state index < -0.39 is 5.72 Å². The summed E-state index contributed by atoms with van der Waals surface area (Å²) in [6, 6.07) is 0. The van der Waals surface area contributed by atoms with Gasteiger partial charge in [0.2, 0.25) is 0 Å². The standard InChI is InChI=1S/C10H15IN2O/c1-8-9(11)7-12-13(8)10(14)5-3-2-4-6-10/h7,14H,2-6H2,1H3. The average molecular weight is 306 g/mol. The Kier molecular flexibility index (Phi) is 2.83. The molecule has 0 radical (unpaired) electrons. The summed E-state index contributed by atoms with van der Waals surface area (Å²) in [5, 5.41) is 14.7. The molecule has 14 heavy (non-hydrogen) atoms. The molecule has 0 aromatic carbocycles. The molecule has 0 atom stereocenters. The molecule has 1 saturated carbocycles. The van der Waals surface area contributed by atoms with Gasteiger partial charge in [0.15, 0.2) is 5.72 Å². The Morgan fingerprint density at radius 1 is 1.43 bits per heavy atom. The molecule has 0 bridgehead atoms. The second kappa shape index (κ2) is 3.81. The van der Waals surface area contributed by atoms with Gasteiger partial charge in [0.25, 0.3) is 0 Å². The summed E-state index contributed by atoms with van der Waals surface area (Å²) in [5.74, 6) is 0. The van der Waals surface area contributed by atoms with Crippen LogP contribution in [0.1, 0.15) is 37.8 Å². The van der Waals surface area contributed by atoms with Crippen LogP contribution in [0.4, 0.5) is 0 Å². The van der Waals surface area contributed by atoms with E-state index in [-0.39, 0.29) is 0 Å². The molecule has 0 aliphatic heterocycles. The lowest BCUT2D eigenvalue weighted by Crippen LogP contribution is -2.37. The number of hydrogen-bond acceptors (Lipinski definition) is 2. The van der Waals surface area contributed by atoms with Crippen LogP contribution in [-0.2, 0) is 5.72 Å². The lowest BCUT2D eigenvalue weighted by molar-refractivity contribution is -0.0810. The van der Waals surface area contributed by atoms with Crippen LogP contribution in [-0.4, -0.2) is 14.9 Å². The minimum Gasteiger partial charge on any atom is -0.369 e. The Morgan fingerprint density at radius 3 is 2.57 bits per heavy atom. The zero-order valence-electron chi connectivity index (χ0n) is 8.33. The largest absolute Gasteiger partial charge is 0.369 e. The van der Waals surface area contributed by atoms with E-state index in [1.165, 1.54) is 6.42 Å². The molecule has 1 aliphatic carbocycles. The van der Waals surface area contributed by atoms with Gasteiger partial charge in [0, 0.05) is 0 Å². The predicted octanol–water partition coefficient (Wildman–Crippen LogP) is 2.41. The van der Waals surface area contributed by atoms with Crippen molar-refractivity contribution in [3.05, 3.63) is 15.5 Å². The number of rotatable bonds is 1. The Balaban J connectivity index is 2.32. The van der Waals surface area contributed by atoms with Crippen LogP contribution in [0.5, 0.6) is 0 Å². The fourth-order valence-electron chi connectivity index (χ4n) is 2.14. The summed E-state index contributed by atoms with van der Waals surface area (Å²) in [6.07, 6.45) is 6.94. The summed E-state index contributed by atoms with van der Waals surface area (Å²) < 4.78 is 2.93. The maximum Gasteiger partial charge on any atom is 0.158 e. The Hall–Kier alpha value is -0.100. The molecule has 3 nitrogen and oxygen atoms in total. The van der Waals surface area contributed by atoms with Gasteiger partial charge in [0.05, 0.1) is 15.5 Å². The monoisotopic (exact) mass is 306 g/mol. The van der Waals surface area contributed by atoms with Crippen molar-refractivity contribution in [3.8, 4) is 0 Å². The zero-order valence-corrected chi connectivity index (χ0v) is 10.5. The van der Waals surface area contributed by atoms with E-state index in [0.717, 1.165) is 34.9 Å². The van der Waals surface area contributed by atoms with Crippen molar-refractivity contribution in [2.24, 2.45) is 0 Å². The van der Waals surface area contributed by atoms with Crippen molar-refractivity contribution >= 4 is 22.6 Å². The van der Waals surface area contributed by atoms with Crippen molar-refractivity contribution in [1.82, 2.24) is 9.78 Å². The highest BCUT2D eigenvalue weighted by atomic mass is 127. The highest BCUT2D eigenvalue weighted by molar-refractivity contribution is 14.1. The predicted molar refractivity (Wildman–Crippen MR) is 63.0 cm³/mol. The SMILES string of the molecule is Cc1c(I)cnn1C1(O)CCCCC1. The third-order valence-corrected chi connectivity index (χ3v) is 4.06. The smallest absolute Gasteiger partial charge is 0.158 e. The quantitative estimate of drug-likeness (QED) is 0.809. The molecular formula is C10H15IN2O. The van der Waals surface area contributed by atoms with Crippen LogP contribution in [0.2, 0.25) is 0 Å². The molecular weight excluding hydrogens is 291 g/mol. The summed E-state index contributed by atoms with van der Waals surface area (Å²) in [4.78, 5) is 0. The Labute approximate surface area is 97.6 Å². The fraction of sp³-hybridized carbons (Fsp3) is 0.700. The first kappa shape index (κ1) is 10.4. The summed E-state index contributed by atoms with van der Waals surface area (Å²) in [5.41, 5.74) is 0.362. The topological polar surface area (TPSA) is 38.0 Å². The van der Waals surface area contributed by atoms with Gasteiger partial charge in [-0.15, -0.1) is 0 Å². The van der Waals surface area contributed by atoms with Crippen LogP contribution >= 0.6 is 22.6 Å². The molecule has 0 unspecified atom stereocenters. The van der Waals surface area contributed by atoms with Crippen molar-refractivity contribution in [3.63, 3.8) is 0 Å². The highest BCUT2D eigenvalue weighted by Gasteiger charge is 2.33. The zero-order chi connectivity index (χ0) is 10.2. The van der Waals surface area contributed by atoms with Gasteiger partial charge in [-0.3, -0.25) is 0 Å². The molecule has 2 rings (SSSR count). The van der Waals surface area contributed by atoms with Crippen LogP contribution in [0.15, 0.2) is 6.20 Å². The van der Waals surface area contributed by atoms with Crippen molar-refractivity contribution in [2.45, 2.75) is 44.8 Å². The maximum absolute atomic E-state index is 10.4. The third-order valence-electron chi connectivity index (χ3n) is 3.00. The second-order valence-corrected chi connectivity index (χ2v) is 5.20. The minimum absolute atomic E-state index is 0.717. The molecule has 1 aromatic rings. The van der Waals surface area contributed by atoms with Gasteiger partial charge in [-0.05, 0) is 55.2 Å². The molecule has 0 saturated heterocycles. The van der Waals surface area contributed by atoms with Crippen molar-refractivity contribution in [2.75, 3.05) is 0 Å². The van der Waals surface area contributed by atoms with E-state index in [0.29, 0.717) is 0 Å². The highest BCUT2D eigenvalue weighted by Crippen LogP contribution is 2.33. The van der Waals surface area contributed by atoms with E-state index in [1.807, 2.05) is 13.1 Å². The van der Waals surface area contributed by atoms with Gasteiger partial charge in [0.1, 0.15) is 0 Å². The lowest BCUT2D eigenvalue weighted by Gasteiger charge is -2.33. The van der Waals surface area contributed by atoms with Gasteiger partial charge >= 0.3 is 0 Å². The third kappa shape index (κ3) is 1.69. The first-order chi connectivity index (χ1) is 6.63. The molecule has 1 fully saturated rings. The summed E-state index contributed by atoms with van der Waals surface area (Å²) in [7, 11) is 0. The molecule has 78 valence electrons. The number of aromatic nitrogens is 2. The van der Waals surface area contributed by atoms with E-state index in [2.05, 4.69) is 27.7 Å². The first-order valence-electron chi connectivity index (χ1n) is 5.06. The van der Waals surface area contributed by atoms with Gasteiger partial charge in [-0.2, -0.15) is 5.10 Å². The van der Waals surface area contributed by atoms with E-state index in [9.17, 15) is 5.11 Å². The van der Waals surface area contributed by atoms with Crippen LogP contribution in [0.25, 0.3) is 0 Å². The molecule has 0 spiro atoms. The first-order valence-corrected chi connectivity index (χ1v) is 6.14. The van der Waals surface area contributed by atoms with E-state index in [4.69, 9.17) is 0 Å². The normalized spacial score (nSPS) is 21.1. The molecule has 4 heteroatoms. The average Bonchev–Trinajstić information content (AvgIpc) is 2.49. The second-order valence-electron chi connectivity index (χ2n) is 4.03. The Bertz CT molecular complexity index is 329. The number of halogens is 1. The Morgan fingerprint density at radius 2 is 2.07 bits per heavy atom. The van der Waals surface area contributed by atoms with Crippen LogP contribution in [0.3, 0.4) is 0 Å². The van der Waals surface area contributed by atoms with E-state index in [1.54, 1.807) is 4.68 Å². The maximum atomic E-state index is 10.4. The van der Waals surface area contributed by atoms with Gasteiger partial charge < -0.3 is 5.11 Å². The number of aliphatic hydroxyl groups is 1. The molecule has 0 amide bonds. The number of nitrogens with zero attached hydrogens (tertiary/aromatic N) is 2. The molecule has 1 N–H and O–H groups in total. The van der Waals surface area contributed by atoms with Gasteiger partial charge in [-0.1, -0.05) is 6.42 Å². The molecule has 1 aromatic heterocycles. The minimum atomic E-state index is -0.717. The summed E-state index contributed by atoms with van der Waals surface area (Å²) >= 11 is 2.25. The molecule has 1 aliphatic rings. The van der Waals surface area contributed by atoms with Crippen molar-refractivity contribution in [1.29, 1.82) is 0 Å². The lowest BCUT2D eigenvalue weighted by atomic mass is 9.92.